The highest BCUT2D eigenvalue weighted by Gasteiger charge is 1.03. The molecule has 0 amide bonds. The summed E-state index contributed by atoms with van der Waals surface area (Å²) in [5.41, 5.74) is 0. The third-order valence-electron chi connectivity index (χ3n) is 0. The topological polar surface area (TPSA) is 31.5 Å². The molecule has 0 aliphatic rings. The van der Waals surface area contributed by atoms with E-state index in [1.807, 2.05) is 22.1 Å². The smallest absolute Gasteiger partial charge is 0.167 e. The van der Waals surface area contributed by atoms with E-state index < -0.39 is 0 Å². The van der Waals surface area contributed by atoms with Crippen LogP contribution in [0, 0.1) is 0 Å². The Labute approximate surface area is 43.1 Å². The van der Waals surface area contributed by atoms with E-state index >= 15 is 0 Å². The van der Waals surface area contributed by atoms with Gasteiger partial charge in [0.25, 0.3) is 0 Å². The van der Waals surface area contributed by atoms with Crippen LogP contribution in [0.2, 0.25) is 5.79 Å². The van der Waals surface area contributed by atoms with Crippen LogP contribution in [0.15, 0.2) is 0 Å². The zero-order valence-corrected chi connectivity index (χ0v) is 3.62. The maximum absolute atomic E-state index is 2.03. The lowest BCUT2D eigenvalue weighted by molar-refractivity contribution is 0.824. The average molecular weight is 93.1 g/mol. The zero-order chi connectivity index (χ0) is 2.00. The highest BCUT2D eigenvalue weighted by molar-refractivity contribution is 6.05. The molecule has 0 aromatic carbocycles. The van der Waals surface area contributed by atoms with Gasteiger partial charge in [-0.25, -0.2) is 0 Å². The summed E-state index contributed by atoms with van der Waals surface area (Å²) >= 11 is 1.86. The summed E-state index contributed by atoms with van der Waals surface area (Å²) in [4.78, 5) is 0. The van der Waals surface area contributed by atoms with Crippen LogP contribution in [0.1, 0.15) is 14.9 Å². The van der Waals surface area contributed by atoms with E-state index in [9.17, 15) is 0 Å². The first-order valence-corrected chi connectivity index (χ1v) is 2.12. The predicted molar refractivity (Wildman–Crippen MR) is 30.1 cm³/mol. The Balaban J connectivity index is -0.00000000167. The Bertz CT molecular complexity index is 6.85. The molecule has 0 fully saturated rings. The minimum absolute atomic E-state index is 0. The van der Waals surface area contributed by atoms with Crippen molar-refractivity contribution in [3.05, 3.63) is 0 Å². The molecule has 5 heavy (non-hydrogen) atoms. The van der Waals surface area contributed by atoms with Crippen molar-refractivity contribution in [2.75, 3.05) is 0 Å². The summed E-state index contributed by atoms with van der Waals surface area (Å²) in [6.45, 7) is 0. The van der Waals surface area contributed by atoms with Gasteiger partial charge in [0, 0.05) is 0 Å². The predicted octanol–water partition coefficient (Wildman–Crippen LogP) is 0.383. The highest BCUT2D eigenvalue weighted by Crippen LogP contribution is 0.960. The van der Waals surface area contributed by atoms with Crippen LogP contribution in [0.25, 0.3) is 0 Å². The Kier molecular flexibility index (Phi) is 2250. The van der Waals surface area contributed by atoms with Gasteiger partial charge in [-0.15, -0.1) is 5.79 Å². The van der Waals surface area contributed by atoms with Gasteiger partial charge in [0.15, 0.2) is 16.3 Å². The first-order valence-electron chi connectivity index (χ1n) is 0.707. The van der Waals surface area contributed by atoms with Crippen molar-refractivity contribution in [1.82, 2.24) is 0 Å². The van der Waals surface area contributed by atoms with E-state index in [1.165, 1.54) is 0 Å². The lowest BCUT2D eigenvalue weighted by Gasteiger charge is -0.986. The molecule has 0 unspecified atom stereocenters. The van der Waals surface area contributed by atoms with E-state index in [4.69, 9.17) is 0 Å². The first kappa shape index (κ1) is 49.8. The molecule has 0 aromatic rings. The van der Waals surface area contributed by atoms with E-state index in [0.717, 1.165) is 0 Å². The van der Waals surface area contributed by atoms with Gasteiger partial charge in [0.05, 0.1) is 0 Å². The highest BCUT2D eigenvalue weighted by atomic mass is 27.0. The monoisotopic (exact) mass is 93.1 g/mol. The Hall–Kier alpha value is 0.492. The second-order valence-electron chi connectivity index (χ2n) is 0. The molecule has 0 saturated carbocycles. The molecule has 2 heteroatoms. The normalized spacial score (nSPS) is 1.00. The van der Waals surface area contributed by atoms with Gasteiger partial charge in [0.2, 0.25) is 0 Å². The van der Waals surface area contributed by atoms with Crippen LogP contribution in [-0.4, -0.2) is 21.8 Å². The molecule has 0 bridgehead atoms. The van der Waals surface area contributed by atoms with Crippen LogP contribution in [-0.2, 0) is 0 Å². The minimum Gasteiger partial charge on any atom is -0.412 e. The zero-order valence-electron chi connectivity index (χ0n) is 2.21. The van der Waals surface area contributed by atoms with Crippen molar-refractivity contribution >= 4 is 16.3 Å². The molecular formula is C3H14AlO. The fraction of sp³-hybridized carbons (Fsp3) is 1.00. The molecule has 0 aliphatic heterocycles. The number of hydrogen-bond acceptors (Lipinski definition) is 0. The second-order valence-corrected chi connectivity index (χ2v) is 0. The third kappa shape index (κ3) is 115. The fourth-order valence-corrected chi connectivity index (χ4v) is 0. The molecule has 0 heterocycles. The Morgan fingerprint density at radius 1 is 1.00 bits per heavy atom. The molecule has 0 aliphatic carbocycles. The second kappa shape index (κ2) is 226. The summed E-state index contributed by atoms with van der Waals surface area (Å²) in [7, 11) is 0. The first-order chi connectivity index (χ1) is 1.00. The maximum Gasteiger partial charge on any atom is 0.167 e. The summed E-state index contributed by atoms with van der Waals surface area (Å²) in [5, 5.41) is 0. The lowest BCUT2D eigenvalue weighted by atomic mass is 11.9. The molecule has 35 valence electrons. The fourth-order valence-electron chi connectivity index (χ4n) is 0. The van der Waals surface area contributed by atoms with Gasteiger partial charge < -0.3 is 5.48 Å². The van der Waals surface area contributed by atoms with Crippen LogP contribution in [0.5, 0.6) is 0 Å². The minimum atomic E-state index is 0. The van der Waals surface area contributed by atoms with E-state index in [0.29, 0.717) is 0 Å². The summed E-state index contributed by atoms with van der Waals surface area (Å²) in [6, 6.07) is 0. The Morgan fingerprint density at radius 2 is 1.00 bits per heavy atom. The largest absolute Gasteiger partial charge is 0.412 e. The van der Waals surface area contributed by atoms with Crippen molar-refractivity contribution in [2.24, 2.45) is 0 Å². The van der Waals surface area contributed by atoms with Gasteiger partial charge in [-0.2, -0.15) is 0 Å². The van der Waals surface area contributed by atoms with E-state index in [1.54, 1.807) is 0 Å². The van der Waals surface area contributed by atoms with Crippen molar-refractivity contribution < 1.29 is 5.48 Å². The van der Waals surface area contributed by atoms with E-state index in [-0.39, 0.29) is 20.3 Å². The standard InChI is InChI=1S/2CH4.CH3.Al.H2O.H/h2*1H4;1H3;;1H2;. The molecule has 0 saturated heterocycles. The van der Waals surface area contributed by atoms with Crippen LogP contribution < -0.4 is 0 Å². The van der Waals surface area contributed by atoms with Gasteiger partial charge in [-0.1, -0.05) is 14.9 Å². The van der Waals surface area contributed by atoms with Crippen molar-refractivity contribution in [1.29, 1.82) is 0 Å². The van der Waals surface area contributed by atoms with Crippen molar-refractivity contribution in [2.45, 2.75) is 20.6 Å². The summed E-state index contributed by atoms with van der Waals surface area (Å²) in [5.74, 6) is 2.03. The summed E-state index contributed by atoms with van der Waals surface area (Å²) < 4.78 is 0. The lowest BCUT2D eigenvalue weighted by Crippen LogP contribution is -1.13. The molecular weight excluding hydrogens is 79.0 g/mol. The quantitative estimate of drug-likeness (QED) is 0.388. The van der Waals surface area contributed by atoms with E-state index in [2.05, 4.69) is 0 Å². The number of rotatable bonds is 0. The maximum atomic E-state index is 2.03. The van der Waals surface area contributed by atoms with Crippen LogP contribution in [0.4, 0.5) is 0 Å². The molecule has 0 aromatic heterocycles. The molecule has 0 spiro atoms. The van der Waals surface area contributed by atoms with Gasteiger partial charge in [-0.3, -0.25) is 0 Å². The average Bonchev–Trinajstić information content (AvgIpc) is 1.00. The summed E-state index contributed by atoms with van der Waals surface area (Å²) in [6.07, 6.45) is 0. The molecule has 2 N–H and O–H groups in total. The van der Waals surface area contributed by atoms with Crippen molar-refractivity contribution in [3.63, 3.8) is 0 Å². The van der Waals surface area contributed by atoms with Crippen molar-refractivity contribution in [3.8, 4) is 0 Å². The van der Waals surface area contributed by atoms with Gasteiger partial charge >= 0.3 is 0 Å². The molecule has 0 atom stereocenters. The van der Waals surface area contributed by atoms with Crippen LogP contribution >= 0.6 is 0 Å². The third-order valence-corrected chi connectivity index (χ3v) is 0. The molecule has 1 radical (unpaired) electrons. The van der Waals surface area contributed by atoms with Crippen LogP contribution in [0.3, 0.4) is 0 Å². The Morgan fingerprint density at radius 3 is 1.00 bits per heavy atom. The molecule has 0 rings (SSSR count). The SMILES string of the molecule is C.C.O.[CH3][AlH]. The molecule has 1 nitrogen and oxygen atoms in total. The van der Waals surface area contributed by atoms with Gasteiger partial charge in [0.1, 0.15) is 0 Å². The van der Waals surface area contributed by atoms with Gasteiger partial charge in [-0.05, 0) is 0 Å². The number of hydrogen-bond donors (Lipinski definition) is 0.